The SMILES string of the molecule is C=CCOC(=O)Nc1ccc(C(C)(C)CC(=O)O)cc1. The Morgan fingerprint density at radius 3 is 2.45 bits per heavy atom. The van der Waals surface area contributed by atoms with Crippen LogP contribution < -0.4 is 5.32 Å². The van der Waals surface area contributed by atoms with E-state index in [2.05, 4.69) is 11.9 Å². The summed E-state index contributed by atoms with van der Waals surface area (Å²) in [6, 6.07) is 7.03. The number of anilines is 1. The summed E-state index contributed by atoms with van der Waals surface area (Å²) in [7, 11) is 0. The quantitative estimate of drug-likeness (QED) is 0.783. The summed E-state index contributed by atoms with van der Waals surface area (Å²) in [5.41, 5.74) is 1.02. The van der Waals surface area contributed by atoms with Crippen LogP contribution in [0.4, 0.5) is 10.5 Å². The summed E-state index contributed by atoms with van der Waals surface area (Å²) >= 11 is 0. The van der Waals surface area contributed by atoms with Gasteiger partial charge in [0, 0.05) is 11.1 Å². The molecule has 2 N–H and O–H groups in total. The molecule has 0 fully saturated rings. The van der Waals surface area contributed by atoms with Crippen molar-refractivity contribution < 1.29 is 19.4 Å². The van der Waals surface area contributed by atoms with Crippen molar-refractivity contribution >= 4 is 17.7 Å². The first-order valence-corrected chi connectivity index (χ1v) is 6.22. The lowest BCUT2D eigenvalue weighted by atomic mass is 9.81. The third kappa shape index (κ3) is 4.76. The highest BCUT2D eigenvalue weighted by atomic mass is 16.5. The Morgan fingerprint density at radius 2 is 1.95 bits per heavy atom. The standard InChI is InChI=1S/C15H19NO4/c1-4-9-20-14(19)16-12-7-5-11(6-8-12)15(2,3)10-13(17)18/h4-8H,1,9-10H2,2-3H3,(H,16,19)(H,17,18). The summed E-state index contributed by atoms with van der Waals surface area (Å²) < 4.78 is 4.80. The minimum absolute atomic E-state index is 0.0428. The second-order valence-electron chi connectivity index (χ2n) is 5.04. The number of carboxylic acids is 1. The van der Waals surface area contributed by atoms with E-state index >= 15 is 0 Å². The van der Waals surface area contributed by atoms with Gasteiger partial charge in [0.25, 0.3) is 0 Å². The second kappa shape index (κ2) is 6.75. The van der Waals surface area contributed by atoms with Gasteiger partial charge in [-0.2, -0.15) is 0 Å². The van der Waals surface area contributed by atoms with Gasteiger partial charge in [-0.25, -0.2) is 4.79 Å². The maximum atomic E-state index is 11.3. The van der Waals surface area contributed by atoms with Crippen molar-refractivity contribution in [1.82, 2.24) is 0 Å². The molecular formula is C15H19NO4. The van der Waals surface area contributed by atoms with Gasteiger partial charge in [0.2, 0.25) is 0 Å². The highest BCUT2D eigenvalue weighted by molar-refractivity contribution is 5.84. The zero-order valence-corrected chi connectivity index (χ0v) is 11.7. The predicted molar refractivity (Wildman–Crippen MR) is 76.9 cm³/mol. The second-order valence-corrected chi connectivity index (χ2v) is 5.04. The Morgan fingerprint density at radius 1 is 1.35 bits per heavy atom. The number of benzene rings is 1. The molecule has 0 spiro atoms. The molecule has 5 nitrogen and oxygen atoms in total. The van der Waals surface area contributed by atoms with Crippen molar-refractivity contribution in [3.63, 3.8) is 0 Å². The third-order valence-electron chi connectivity index (χ3n) is 2.84. The average molecular weight is 277 g/mol. The fourth-order valence-corrected chi connectivity index (χ4v) is 1.77. The summed E-state index contributed by atoms with van der Waals surface area (Å²) in [6.07, 6.45) is 0.973. The molecule has 0 aliphatic rings. The summed E-state index contributed by atoms with van der Waals surface area (Å²) in [5, 5.41) is 11.5. The number of carbonyl (C=O) groups is 2. The van der Waals surface area contributed by atoms with Crippen molar-refractivity contribution in [1.29, 1.82) is 0 Å². The maximum Gasteiger partial charge on any atom is 0.411 e. The number of amides is 1. The minimum Gasteiger partial charge on any atom is -0.481 e. The Balaban J connectivity index is 2.71. The molecule has 1 aromatic carbocycles. The molecule has 0 saturated carbocycles. The summed E-state index contributed by atoms with van der Waals surface area (Å²) in [6.45, 7) is 7.32. The van der Waals surface area contributed by atoms with E-state index < -0.39 is 17.5 Å². The molecule has 1 amide bonds. The van der Waals surface area contributed by atoms with Crippen molar-refractivity contribution in [2.45, 2.75) is 25.7 Å². The van der Waals surface area contributed by atoms with E-state index in [9.17, 15) is 9.59 Å². The molecule has 0 aliphatic heterocycles. The number of ether oxygens (including phenoxy) is 1. The normalized spacial score (nSPS) is 10.7. The Kier molecular flexibility index (Phi) is 5.32. The molecule has 20 heavy (non-hydrogen) atoms. The molecule has 1 aromatic rings. The van der Waals surface area contributed by atoms with Crippen LogP contribution in [0.3, 0.4) is 0 Å². The van der Waals surface area contributed by atoms with Gasteiger partial charge in [-0.3, -0.25) is 10.1 Å². The van der Waals surface area contributed by atoms with Crippen LogP contribution >= 0.6 is 0 Å². The van der Waals surface area contributed by atoms with Crippen LogP contribution in [0.25, 0.3) is 0 Å². The Hall–Kier alpha value is -2.30. The number of aliphatic carboxylic acids is 1. The van der Waals surface area contributed by atoms with Crippen molar-refractivity contribution in [2.75, 3.05) is 11.9 Å². The molecule has 0 unspecified atom stereocenters. The first kappa shape index (κ1) is 15.8. The monoisotopic (exact) mass is 277 g/mol. The van der Waals surface area contributed by atoms with Gasteiger partial charge in [0.05, 0.1) is 6.42 Å². The smallest absolute Gasteiger partial charge is 0.411 e. The first-order valence-electron chi connectivity index (χ1n) is 6.22. The molecule has 0 bridgehead atoms. The van der Waals surface area contributed by atoms with Gasteiger partial charge in [-0.05, 0) is 17.7 Å². The lowest BCUT2D eigenvalue weighted by Crippen LogP contribution is -2.21. The number of hydrogen-bond acceptors (Lipinski definition) is 3. The lowest BCUT2D eigenvalue weighted by molar-refractivity contribution is -0.138. The van der Waals surface area contributed by atoms with Gasteiger partial charge < -0.3 is 9.84 Å². The zero-order chi connectivity index (χ0) is 15.2. The van der Waals surface area contributed by atoms with Gasteiger partial charge in [-0.15, -0.1) is 0 Å². The molecule has 0 heterocycles. The number of nitrogens with one attached hydrogen (secondary N) is 1. The van der Waals surface area contributed by atoms with Crippen LogP contribution in [0.15, 0.2) is 36.9 Å². The summed E-state index contributed by atoms with van der Waals surface area (Å²) in [5.74, 6) is -0.842. The van der Waals surface area contributed by atoms with Crippen LogP contribution in [0.5, 0.6) is 0 Å². The van der Waals surface area contributed by atoms with E-state index in [1.165, 1.54) is 6.08 Å². The molecule has 5 heteroatoms. The van der Waals surface area contributed by atoms with Crippen molar-refractivity contribution in [3.05, 3.63) is 42.5 Å². The van der Waals surface area contributed by atoms with Crippen LogP contribution in [0, 0.1) is 0 Å². The molecule has 1 rings (SSSR count). The zero-order valence-electron chi connectivity index (χ0n) is 11.7. The third-order valence-corrected chi connectivity index (χ3v) is 2.84. The first-order chi connectivity index (χ1) is 9.35. The Labute approximate surface area is 118 Å². The number of carbonyl (C=O) groups excluding carboxylic acids is 1. The molecule has 108 valence electrons. The van der Waals surface area contributed by atoms with E-state index in [1.54, 1.807) is 24.3 Å². The lowest BCUT2D eigenvalue weighted by Gasteiger charge is -2.23. The van der Waals surface area contributed by atoms with E-state index in [4.69, 9.17) is 9.84 Å². The predicted octanol–water partition coefficient (Wildman–Crippen LogP) is 3.17. The van der Waals surface area contributed by atoms with E-state index in [-0.39, 0.29) is 13.0 Å². The molecule has 0 aliphatic carbocycles. The van der Waals surface area contributed by atoms with Crippen LogP contribution in [-0.4, -0.2) is 23.8 Å². The Bertz CT molecular complexity index is 491. The maximum absolute atomic E-state index is 11.3. The largest absolute Gasteiger partial charge is 0.481 e. The summed E-state index contributed by atoms with van der Waals surface area (Å²) in [4.78, 5) is 22.2. The molecule has 0 saturated heterocycles. The molecule has 0 atom stereocenters. The van der Waals surface area contributed by atoms with Gasteiger partial charge >= 0.3 is 12.1 Å². The van der Waals surface area contributed by atoms with E-state index in [1.807, 2.05) is 13.8 Å². The highest BCUT2D eigenvalue weighted by Crippen LogP contribution is 2.28. The van der Waals surface area contributed by atoms with Crippen LogP contribution in [0.2, 0.25) is 0 Å². The number of hydrogen-bond donors (Lipinski definition) is 2. The van der Waals surface area contributed by atoms with Gasteiger partial charge in [0.1, 0.15) is 6.61 Å². The van der Waals surface area contributed by atoms with Crippen molar-refractivity contribution in [2.24, 2.45) is 0 Å². The molecular weight excluding hydrogens is 258 g/mol. The molecule has 0 aromatic heterocycles. The van der Waals surface area contributed by atoms with Crippen molar-refractivity contribution in [3.8, 4) is 0 Å². The number of carboxylic acid groups (broad SMARTS) is 1. The van der Waals surface area contributed by atoms with E-state index in [0.717, 1.165) is 5.56 Å². The van der Waals surface area contributed by atoms with Crippen LogP contribution in [-0.2, 0) is 14.9 Å². The highest BCUT2D eigenvalue weighted by Gasteiger charge is 2.23. The fourth-order valence-electron chi connectivity index (χ4n) is 1.77. The molecule has 0 radical (unpaired) electrons. The fraction of sp³-hybridized carbons (Fsp3) is 0.333. The van der Waals surface area contributed by atoms with Crippen LogP contribution in [0.1, 0.15) is 25.8 Å². The van der Waals surface area contributed by atoms with Gasteiger partial charge in [-0.1, -0.05) is 38.6 Å². The minimum atomic E-state index is -0.842. The number of rotatable bonds is 6. The van der Waals surface area contributed by atoms with E-state index in [0.29, 0.717) is 5.69 Å². The topological polar surface area (TPSA) is 75.6 Å². The average Bonchev–Trinajstić information content (AvgIpc) is 2.35. The van der Waals surface area contributed by atoms with Gasteiger partial charge in [0.15, 0.2) is 0 Å².